The highest BCUT2D eigenvalue weighted by atomic mass is 16.5. The van der Waals surface area contributed by atoms with Crippen molar-refractivity contribution in [3.63, 3.8) is 0 Å². The molecule has 1 atom stereocenters. The van der Waals surface area contributed by atoms with Crippen molar-refractivity contribution in [2.75, 3.05) is 6.61 Å². The summed E-state index contributed by atoms with van der Waals surface area (Å²) < 4.78 is 4.98. The number of aliphatic imine (C=N–C) groups is 1. The Labute approximate surface area is 92.9 Å². The summed E-state index contributed by atoms with van der Waals surface area (Å²) in [7, 11) is 0. The number of hydrogen-bond donors (Lipinski definition) is 0. The van der Waals surface area contributed by atoms with Gasteiger partial charge in [-0.25, -0.2) is 4.79 Å². The first-order valence-corrected chi connectivity index (χ1v) is 5.49. The number of rotatable bonds is 4. The van der Waals surface area contributed by atoms with Crippen LogP contribution in [0.3, 0.4) is 0 Å². The van der Waals surface area contributed by atoms with Crippen molar-refractivity contribution >= 4 is 12.2 Å². The van der Waals surface area contributed by atoms with Crippen LogP contribution in [-0.4, -0.2) is 24.8 Å². The molecule has 0 rings (SSSR count). The number of carbonyl (C=O) groups is 1. The fraction of sp³-hybridized carbons (Fsp3) is 0.833. The highest BCUT2D eigenvalue weighted by Gasteiger charge is 2.22. The van der Waals surface area contributed by atoms with Gasteiger partial charge in [-0.05, 0) is 18.3 Å². The highest BCUT2D eigenvalue weighted by Crippen LogP contribution is 2.13. The van der Waals surface area contributed by atoms with E-state index in [9.17, 15) is 4.79 Å². The van der Waals surface area contributed by atoms with Gasteiger partial charge in [0, 0.05) is 6.21 Å². The van der Waals surface area contributed by atoms with Crippen LogP contribution in [0.15, 0.2) is 4.99 Å². The molecular weight excluding hydrogens is 190 g/mol. The van der Waals surface area contributed by atoms with Crippen LogP contribution >= 0.6 is 0 Å². The molecular formula is C12H23NO2. The Hall–Kier alpha value is -0.860. The molecule has 0 amide bonds. The molecule has 3 nitrogen and oxygen atoms in total. The van der Waals surface area contributed by atoms with E-state index in [4.69, 9.17) is 4.74 Å². The van der Waals surface area contributed by atoms with Crippen molar-refractivity contribution in [2.45, 2.75) is 47.6 Å². The van der Waals surface area contributed by atoms with Crippen LogP contribution in [0.2, 0.25) is 0 Å². The van der Waals surface area contributed by atoms with Crippen molar-refractivity contribution in [3.05, 3.63) is 0 Å². The number of nitrogens with zero attached hydrogens (tertiary/aromatic N) is 1. The van der Waals surface area contributed by atoms with Gasteiger partial charge in [-0.3, -0.25) is 4.99 Å². The fourth-order valence-electron chi connectivity index (χ4n) is 1.04. The molecule has 3 heteroatoms. The smallest absolute Gasteiger partial charge is 0.331 e. The van der Waals surface area contributed by atoms with Crippen LogP contribution in [0.4, 0.5) is 0 Å². The molecule has 0 saturated heterocycles. The normalized spacial score (nSPS) is 14.6. The molecule has 0 aromatic carbocycles. The van der Waals surface area contributed by atoms with Gasteiger partial charge in [0.1, 0.15) is 6.04 Å². The van der Waals surface area contributed by atoms with Crippen LogP contribution in [0.5, 0.6) is 0 Å². The molecule has 0 radical (unpaired) electrons. The molecule has 0 saturated carbocycles. The SMILES string of the molecule is CCOC(=O)[C@@H](N=CC(C)(C)C)C(C)C. The first-order valence-electron chi connectivity index (χ1n) is 5.49. The molecule has 0 fully saturated rings. The summed E-state index contributed by atoms with van der Waals surface area (Å²) in [6.07, 6.45) is 1.83. The Morgan fingerprint density at radius 3 is 2.27 bits per heavy atom. The number of ether oxygens (including phenoxy) is 1. The molecule has 88 valence electrons. The predicted octanol–water partition coefficient (Wildman–Crippen LogP) is 2.69. The second-order valence-corrected chi connectivity index (χ2v) is 5.09. The van der Waals surface area contributed by atoms with Crippen molar-refractivity contribution < 1.29 is 9.53 Å². The van der Waals surface area contributed by atoms with Gasteiger partial charge in [-0.2, -0.15) is 0 Å². The predicted molar refractivity (Wildman–Crippen MR) is 63.2 cm³/mol. The molecule has 0 aliphatic heterocycles. The lowest BCUT2D eigenvalue weighted by Gasteiger charge is -2.17. The van der Waals surface area contributed by atoms with E-state index in [0.717, 1.165) is 0 Å². The van der Waals surface area contributed by atoms with Crippen LogP contribution in [0.1, 0.15) is 41.5 Å². The third-order valence-electron chi connectivity index (χ3n) is 1.78. The molecule has 0 unspecified atom stereocenters. The van der Waals surface area contributed by atoms with E-state index in [0.29, 0.717) is 6.61 Å². The summed E-state index contributed by atoms with van der Waals surface area (Å²) in [6, 6.07) is -0.371. The van der Waals surface area contributed by atoms with Crippen LogP contribution in [0, 0.1) is 11.3 Å². The van der Waals surface area contributed by atoms with Gasteiger partial charge in [0.25, 0.3) is 0 Å². The molecule has 15 heavy (non-hydrogen) atoms. The minimum atomic E-state index is -0.371. The van der Waals surface area contributed by atoms with Gasteiger partial charge in [-0.15, -0.1) is 0 Å². The Balaban J connectivity index is 4.55. The minimum Gasteiger partial charge on any atom is -0.464 e. The van der Waals surface area contributed by atoms with Gasteiger partial charge in [0.05, 0.1) is 6.61 Å². The third-order valence-corrected chi connectivity index (χ3v) is 1.78. The Morgan fingerprint density at radius 2 is 1.93 bits per heavy atom. The van der Waals surface area contributed by atoms with Crippen molar-refractivity contribution in [1.29, 1.82) is 0 Å². The highest BCUT2D eigenvalue weighted by molar-refractivity contribution is 5.79. The van der Waals surface area contributed by atoms with Gasteiger partial charge in [-0.1, -0.05) is 34.6 Å². The van der Waals surface area contributed by atoms with Crippen molar-refractivity contribution in [2.24, 2.45) is 16.3 Å². The topological polar surface area (TPSA) is 38.7 Å². The van der Waals surface area contributed by atoms with E-state index in [2.05, 4.69) is 25.8 Å². The number of carbonyl (C=O) groups excluding carboxylic acids is 1. The van der Waals surface area contributed by atoms with E-state index in [1.165, 1.54) is 0 Å². The zero-order valence-corrected chi connectivity index (χ0v) is 10.7. The fourth-order valence-corrected chi connectivity index (χ4v) is 1.04. The minimum absolute atomic E-state index is 0.000362. The second-order valence-electron chi connectivity index (χ2n) is 5.09. The second kappa shape index (κ2) is 5.89. The summed E-state index contributed by atoms with van der Waals surface area (Å²) in [4.78, 5) is 15.9. The maximum atomic E-state index is 11.6. The van der Waals surface area contributed by atoms with Crippen LogP contribution in [0.25, 0.3) is 0 Å². The summed E-state index contributed by atoms with van der Waals surface area (Å²) in [5, 5.41) is 0. The number of esters is 1. The van der Waals surface area contributed by atoms with Crippen LogP contribution in [-0.2, 0) is 9.53 Å². The van der Waals surface area contributed by atoms with Gasteiger partial charge < -0.3 is 4.74 Å². The maximum absolute atomic E-state index is 11.6. The summed E-state index contributed by atoms with van der Waals surface area (Å²) >= 11 is 0. The zero-order valence-electron chi connectivity index (χ0n) is 10.7. The van der Waals surface area contributed by atoms with Crippen LogP contribution < -0.4 is 0 Å². The first kappa shape index (κ1) is 14.1. The third kappa shape index (κ3) is 6.26. The molecule has 0 spiro atoms. The molecule has 0 aliphatic carbocycles. The summed E-state index contributed by atoms with van der Waals surface area (Å²) in [5.74, 6) is -0.0596. The molecule has 0 aromatic heterocycles. The first-order chi connectivity index (χ1) is 6.78. The summed E-state index contributed by atoms with van der Waals surface area (Å²) in [6.45, 7) is 12.3. The largest absolute Gasteiger partial charge is 0.464 e. The average Bonchev–Trinajstić information content (AvgIpc) is 2.01. The average molecular weight is 213 g/mol. The lowest BCUT2D eigenvalue weighted by molar-refractivity contribution is -0.145. The van der Waals surface area contributed by atoms with Gasteiger partial charge in [0.15, 0.2) is 0 Å². The quantitative estimate of drug-likeness (QED) is 0.532. The zero-order chi connectivity index (χ0) is 12.1. The Kier molecular flexibility index (Phi) is 5.55. The molecule has 0 N–H and O–H groups in total. The Bertz CT molecular complexity index is 226. The van der Waals surface area contributed by atoms with Crippen molar-refractivity contribution in [1.82, 2.24) is 0 Å². The molecule has 0 bridgehead atoms. The van der Waals surface area contributed by atoms with E-state index in [-0.39, 0.29) is 23.3 Å². The standard InChI is InChI=1S/C12H23NO2/c1-7-15-11(14)10(9(2)3)13-8-12(4,5)6/h8-10H,7H2,1-6H3/t10-/m0/s1. The van der Waals surface area contributed by atoms with E-state index < -0.39 is 0 Å². The maximum Gasteiger partial charge on any atom is 0.331 e. The van der Waals surface area contributed by atoms with Gasteiger partial charge in [0.2, 0.25) is 0 Å². The van der Waals surface area contributed by atoms with Gasteiger partial charge >= 0.3 is 5.97 Å². The molecule has 0 aliphatic rings. The van der Waals surface area contributed by atoms with E-state index >= 15 is 0 Å². The van der Waals surface area contributed by atoms with E-state index in [1.807, 2.05) is 27.0 Å². The lowest BCUT2D eigenvalue weighted by Crippen LogP contribution is -2.28. The van der Waals surface area contributed by atoms with E-state index in [1.54, 1.807) is 0 Å². The monoisotopic (exact) mass is 213 g/mol. The van der Waals surface area contributed by atoms with Crippen molar-refractivity contribution in [3.8, 4) is 0 Å². The Morgan fingerprint density at radius 1 is 1.40 bits per heavy atom. The summed E-state index contributed by atoms with van der Waals surface area (Å²) in [5.41, 5.74) is -0.000362. The molecule has 0 heterocycles. The number of hydrogen-bond acceptors (Lipinski definition) is 3. The lowest BCUT2D eigenvalue weighted by atomic mass is 9.98. The molecule has 0 aromatic rings.